The minimum absolute atomic E-state index is 0.0630. The molecule has 3 rings (SSSR count). The average Bonchev–Trinajstić information content (AvgIpc) is 3.18. The van der Waals surface area contributed by atoms with Crippen LogP contribution in [-0.4, -0.2) is 61.9 Å². The molecule has 142 valence electrons. The molecule has 2 amide bonds. The number of carbonyl (C=O) groups excluding carboxylic acids is 2. The number of nitrogens with one attached hydrogen (secondary N) is 2. The Balaban J connectivity index is 1.40. The van der Waals surface area contributed by atoms with Crippen molar-refractivity contribution in [2.45, 2.75) is 38.1 Å². The first-order chi connectivity index (χ1) is 12.7. The van der Waals surface area contributed by atoms with E-state index in [2.05, 4.69) is 38.0 Å². The van der Waals surface area contributed by atoms with Crippen LogP contribution < -0.4 is 15.5 Å². The molecule has 8 heteroatoms. The van der Waals surface area contributed by atoms with Gasteiger partial charge in [0, 0.05) is 52.1 Å². The van der Waals surface area contributed by atoms with Gasteiger partial charge in [0.05, 0.1) is 5.00 Å². The standard InChI is InChI=1S/C18H27N5O2S/c1-19-18(20-9-12-23-15(24)4-2-5-16(23)25)21-14-7-10-22(11-8-14)17-6-3-13-26-17/h3,6,13-14H,2,4-5,7-12H2,1H3,(H2,19,20,21). The molecule has 0 unspecified atom stereocenters. The molecule has 2 aliphatic rings. The third-order valence-corrected chi connectivity index (χ3v) is 5.82. The van der Waals surface area contributed by atoms with E-state index in [1.165, 1.54) is 9.90 Å². The van der Waals surface area contributed by atoms with E-state index in [1.807, 2.05) is 0 Å². The predicted molar refractivity (Wildman–Crippen MR) is 105 cm³/mol. The second kappa shape index (κ2) is 9.02. The molecule has 0 spiro atoms. The van der Waals surface area contributed by atoms with Crippen LogP contribution in [0.15, 0.2) is 22.5 Å². The maximum atomic E-state index is 11.8. The summed E-state index contributed by atoms with van der Waals surface area (Å²) >= 11 is 1.78. The Morgan fingerprint density at radius 1 is 1.27 bits per heavy atom. The summed E-state index contributed by atoms with van der Waals surface area (Å²) in [4.78, 5) is 31.7. The summed E-state index contributed by atoms with van der Waals surface area (Å²) < 4.78 is 0. The summed E-state index contributed by atoms with van der Waals surface area (Å²) in [5.41, 5.74) is 0. The van der Waals surface area contributed by atoms with Crippen LogP contribution in [0.4, 0.5) is 5.00 Å². The van der Waals surface area contributed by atoms with E-state index >= 15 is 0 Å². The molecule has 2 saturated heterocycles. The summed E-state index contributed by atoms with van der Waals surface area (Å²) in [7, 11) is 1.74. The lowest BCUT2D eigenvalue weighted by atomic mass is 10.1. The Morgan fingerprint density at radius 3 is 2.62 bits per heavy atom. The molecular formula is C18H27N5O2S. The zero-order chi connectivity index (χ0) is 18.4. The average molecular weight is 378 g/mol. The number of thiophene rings is 1. The van der Waals surface area contributed by atoms with Crippen molar-refractivity contribution >= 4 is 34.1 Å². The number of hydrogen-bond acceptors (Lipinski definition) is 5. The van der Waals surface area contributed by atoms with Gasteiger partial charge in [0.2, 0.25) is 11.8 Å². The Hall–Kier alpha value is -2.09. The molecule has 0 bridgehead atoms. The second-order valence-electron chi connectivity index (χ2n) is 6.65. The molecule has 0 aromatic carbocycles. The monoisotopic (exact) mass is 377 g/mol. The first-order valence-corrected chi connectivity index (χ1v) is 10.1. The van der Waals surface area contributed by atoms with Gasteiger partial charge in [-0.3, -0.25) is 19.5 Å². The fourth-order valence-corrected chi connectivity index (χ4v) is 4.20. The third kappa shape index (κ3) is 4.75. The van der Waals surface area contributed by atoms with Crippen LogP contribution in [-0.2, 0) is 9.59 Å². The minimum atomic E-state index is -0.0630. The number of likely N-dealkylation sites (tertiary alicyclic amines) is 1. The number of amides is 2. The van der Waals surface area contributed by atoms with E-state index in [1.54, 1.807) is 18.4 Å². The first kappa shape index (κ1) is 18.7. The number of imide groups is 1. The number of guanidine groups is 1. The molecule has 0 radical (unpaired) electrons. The number of nitrogens with zero attached hydrogens (tertiary/aromatic N) is 3. The first-order valence-electron chi connectivity index (χ1n) is 9.26. The molecule has 1 aromatic rings. The molecule has 2 aliphatic heterocycles. The molecule has 0 atom stereocenters. The third-order valence-electron chi connectivity index (χ3n) is 4.89. The van der Waals surface area contributed by atoms with Crippen molar-refractivity contribution in [3.8, 4) is 0 Å². The van der Waals surface area contributed by atoms with Gasteiger partial charge in [0.25, 0.3) is 0 Å². The molecule has 0 aliphatic carbocycles. The maximum Gasteiger partial charge on any atom is 0.229 e. The topological polar surface area (TPSA) is 77.0 Å². The Labute approximate surface area is 158 Å². The lowest BCUT2D eigenvalue weighted by Crippen LogP contribution is -2.50. The Bertz CT molecular complexity index is 622. The van der Waals surface area contributed by atoms with Gasteiger partial charge in [-0.25, -0.2) is 0 Å². The molecule has 7 nitrogen and oxygen atoms in total. The normalized spacial score (nSPS) is 19.8. The molecule has 2 N–H and O–H groups in total. The number of carbonyl (C=O) groups is 2. The summed E-state index contributed by atoms with van der Waals surface area (Å²) in [6.07, 6.45) is 3.74. The minimum Gasteiger partial charge on any atom is -0.363 e. The summed E-state index contributed by atoms with van der Waals surface area (Å²) in [5.74, 6) is 0.607. The smallest absolute Gasteiger partial charge is 0.229 e. The van der Waals surface area contributed by atoms with Gasteiger partial charge in [0.15, 0.2) is 5.96 Å². The van der Waals surface area contributed by atoms with E-state index in [-0.39, 0.29) is 11.8 Å². The van der Waals surface area contributed by atoms with Crippen molar-refractivity contribution in [3.05, 3.63) is 17.5 Å². The van der Waals surface area contributed by atoms with Crippen molar-refractivity contribution in [1.82, 2.24) is 15.5 Å². The molecule has 26 heavy (non-hydrogen) atoms. The van der Waals surface area contributed by atoms with E-state index in [0.29, 0.717) is 38.4 Å². The van der Waals surface area contributed by atoms with Gasteiger partial charge in [-0.2, -0.15) is 0 Å². The quantitative estimate of drug-likeness (QED) is 0.461. The van der Waals surface area contributed by atoms with E-state index in [9.17, 15) is 9.59 Å². The highest BCUT2D eigenvalue weighted by atomic mass is 32.1. The number of rotatable bonds is 5. The molecule has 2 fully saturated rings. The zero-order valence-corrected chi connectivity index (χ0v) is 16.1. The fraction of sp³-hybridized carbons (Fsp3) is 0.611. The summed E-state index contributed by atoms with van der Waals surface area (Å²) in [6.45, 7) is 2.98. The maximum absolute atomic E-state index is 11.8. The Kier molecular flexibility index (Phi) is 6.49. The number of aliphatic imine (C=N–C) groups is 1. The van der Waals surface area contributed by atoms with Crippen LogP contribution in [0, 0.1) is 0 Å². The van der Waals surface area contributed by atoms with Gasteiger partial charge in [-0.1, -0.05) is 0 Å². The number of hydrogen-bond donors (Lipinski definition) is 2. The van der Waals surface area contributed by atoms with Crippen molar-refractivity contribution < 1.29 is 9.59 Å². The summed E-state index contributed by atoms with van der Waals surface area (Å²) in [5, 5.41) is 10.1. The highest BCUT2D eigenvalue weighted by Gasteiger charge is 2.25. The molecule has 0 saturated carbocycles. The highest BCUT2D eigenvalue weighted by Crippen LogP contribution is 2.24. The summed E-state index contributed by atoms with van der Waals surface area (Å²) in [6, 6.07) is 4.64. The van der Waals surface area contributed by atoms with Crippen LogP contribution in [0.1, 0.15) is 32.1 Å². The highest BCUT2D eigenvalue weighted by molar-refractivity contribution is 7.14. The van der Waals surface area contributed by atoms with Gasteiger partial charge in [0.1, 0.15) is 0 Å². The van der Waals surface area contributed by atoms with Crippen molar-refractivity contribution in [2.24, 2.45) is 4.99 Å². The van der Waals surface area contributed by atoms with Crippen LogP contribution in [0.3, 0.4) is 0 Å². The van der Waals surface area contributed by atoms with Crippen molar-refractivity contribution in [2.75, 3.05) is 38.1 Å². The predicted octanol–water partition coefficient (Wildman–Crippen LogP) is 1.42. The lowest BCUT2D eigenvalue weighted by Gasteiger charge is -2.33. The Morgan fingerprint density at radius 2 is 2.00 bits per heavy atom. The van der Waals surface area contributed by atoms with Crippen LogP contribution in [0.2, 0.25) is 0 Å². The van der Waals surface area contributed by atoms with Gasteiger partial charge in [-0.15, -0.1) is 11.3 Å². The van der Waals surface area contributed by atoms with Crippen molar-refractivity contribution in [1.29, 1.82) is 0 Å². The van der Waals surface area contributed by atoms with Gasteiger partial charge in [-0.05, 0) is 36.8 Å². The van der Waals surface area contributed by atoms with E-state index in [4.69, 9.17) is 0 Å². The van der Waals surface area contributed by atoms with Crippen LogP contribution in [0.5, 0.6) is 0 Å². The number of anilines is 1. The SMILES string of the molecule is CN=C(NCCN1C(=O)CCCC1=O)NC1CCN(c2cccs2)CC1. The number of piperidine rings is 2. The van der Waals surface area contributed by atoms with Crippen LogP contribution in [0.25, 0.3) is 0 Å². The molecular weight excluding hydrogens is 350 g/mol. The lowest BCUT2D eigenvalue weighted by molar-refractivity contribution is -0.147. The van der Waals surface area contributed by atoms with E-state index in [0.717, 1.165) is 31.9 Å². The van der Waals surface area contributed by atoms with Gasteiger partial charge < -0.3 is 15.5 Å². The van der Waals surface area contributed by atoms with E-state index < -0.39 is 0 Å². The largest absolute Gasteiger partial charge is 0.363 e. The fourth-order valence-electron chi connectivity index (χ4n) is 3.42. The molecule has 1 aromatic heterocycles. The molecule has 3 heterocycles. The van der Waals surface area contributed by atoms with Gasteiger partial charge >= 0.3 is 0 Å². The van der Waals surface area contributed by atoms with Crippen LogP contribution >= 0.6 is 11.3 Å². The zero-order valence-electron chi connectivity index (χ0n) is 15.2. The van der Waals surface area contributed by atoms with Crippen molar-refractivity contribution in [3.63, 3.8) is 0 Å². The second-order valence-corrected chi connectivity index (χ2v) is 7.57.